The van der Waals surface area contributed by atoms with Crippen LogP contribution in [0.2, 0.25) is 0 Å². The lowest BCUT2D eigenvalue weighted by Crippen LogP contribution is -2.38. The van der Waals surface area contributed by atoms with Gasteiger partial charge in [0, 0.05) is 24.3 Å². The first-order chi connectivity index (χ1) is 8.58. The summed E-state index contributed by atoms with van der Waals surface area (Å²) < 4.78 is 0. The molecule has 0 fully saturated rings. The summed E-state index contributed by atoms with van der Waals surface area (Å²) in [7, 11) is 0. The van der Waals surface area contributed by atoms with E-state index in [4.69, 9.17) is 10.2 Å². The van der Waals surface area contributed by atoms with Crippen molar-refractivity contribution in [3.63, 3.8) is 0 Å². The van der Waals surface area contributed by atoms with Crippen molar-refractivity contribution in [3.05, 3.63) is 39.9 Å². The van der Waals surface area contributed by atoms with E-state index in [9.17, 15) is 14.9 Å². The third-order valence-corrected chi connectivity index (χ3v) is 2.35. The Labute approximate surface area is 103 Å². The topological polar surface area (TPSA) is 113 Å². The minimum absolute atomic E-state index is 0.139. The zero-order chi connectivity index (χ0) is 13.5. The molecule has 1 aromatic rings. The van der Waals surface area contributed by atoms with Crippen molar-refractivity contribution < 1.29 is 19.9 Å². The van der Waals surface area contributed by atoms with Gasteiger partial charge in [0.1, 0.15) is 0 Å². The molecule has 0 saturated carbocycles. The van der Waals surface area contributed by atoms with Crippen molar-refractivity contribution in [2.24, 2.45) is 0 Å². The number of nitro benzene ring substituents is 1. The molecule has 1 rings (SSSR count). The highest BCUT2D eigenvalue weighted by atomic mass is 16.6. The van der Waals surface area contributed by atoms with Crippen LogP contribution in [-0.2, 0) is 0 Å². The van der Waals surface area contributed by atoms with Crippen molar-refractivity contribution in [2.75, 3.05) is 13.2 Å². The molecule has 18 heavy (non-hydrogen) atoms. The number of rotatable bonds is 6. The monoisotopic (exact) mass is 254 g/mol. The largest absolute Gasteiger partial charge is 0.396 e. The van der Waals surface area contributed by atoms with E-state index in [0.29, 0.717) is 0 Å². The van der Waals surface area contributed by atoms with Crippen LogP contribution in [0.15, 0.2) is 24.3 Å². The predicted molar refractivity (Wildman–Crippen MR) is 63.1 cm³/mol. The Kier molecular flexibility index (Phi) is 5.22. The van der Waals surface area contributed by atoms with E-state index in [-0.39, 0.29) is 30.9 Å². The van der Waals surface area contributed by atoms with Crippen LogP contribution >= 0.6 is 0 Å². The van der Waals surface area contributed by atoms with Gasteiger partial charge in [-0.15, -0.1) is 0 Å². The first-order valence-corrected chi connectivity index (χ1v) is 5.35. The third-order valence-electron chi connectivity index (χ3n) is 2.35. The molecular formula is C11H14N2O5. The number of nitrogens with zero attached hydrogens (tertiary/aromatic N) is 1. The number of amides is 1. The summed E-state index contributed by atoms with van der Waals surface area (Å²) in [5, 5.41) is 30.7. The molecule has 0 aromatic heterocycles. The molecule has 0 spiro atoms. The summed E-state index contributed by atoms with van der Waals surface area (Å²) in [5.74, 6) is -0.522. The molecule has 1 atom stereocenters. The molecule has 7 heteroatoms. The fourth-order valence-electron chi connectivity index (χ4n) is 1.39. The lowest BCUT2D eigenvalue weighted by atomic mass is 10.1. The maximum absolute atomic E-state index is 11.7. The fourth-order valence-corrected chi connectivity index (χ4v) is 1.39. The first-order valence-electron chi connectivity index (χ1n) is 5.35. The van der Waals surface area contributed by atoms with Gasteiger partial charge in [0.2, 0.25) is 0 Å². The van der Waals surface area contributed by atoms with Crippen LogP contribution in [0.3, 0.4) is 0 Å². The first kappa shape index (κ1) is 14.1. The molecule has 3 N–H and O–H groups in total. The molecule has 0 radical (unpaired) electrons. The number of hydrogen-bond acceptors (Lipinski definition) is 5. The average molecular weight is 254 g/mol. The van der Waals surface area contributed by atoms with E-state index in [0.717, 1.165) is 6.07 Å². The molecular weight excluding hydrogens is 240 g/mol. The minimum atomic E-state index is -0.589. The second-order valence-corrected chi connectivity index (χ2v) is 3.67. The highest BCUT2D eigenvalue weighted by Crippen LogP contribution is 2.13. The second kappa shape index (κ2) is 6.67. The Morgan fingerprint density at radius 1 is 1.44 bits per heavy atom. The van der Waals surface area contributed by atoms with Gasteiger partial charge < -0.3 is 15.5 Å². The minimum Gasteiger partial charge on any atom is -0.396 e. The number of nitro groups is 1. The van der Waals surface area contributed by atoms with Crippen LogP contribution in [0.25, 0.3) is 0 Å². The standard InChI is InChI=1S/C11H14N2O5/c14-5-4-9(7-15)12-11(16)8-2-1-3-10(6-8)13(17)18/h1-3,6,9,14-15H,4-5,7H2,(H,12,16). The summed E-state index contributed by atoms with van der Waals surface area (Å²) in [6.45, 7) is -0.471. The van der Waals surface area contributed by atoms with Gasteiger partial charge >= 0.3 is 0 Å². The maximum Gasteiger partial charge on any atom is 0.270 e. The number of aliphatic hydroxyl groups is 2. The Balaban J connectivity index is 2.77. The molecule has 0 aliphatic carbocycles. The van der Waals surface area contributed by atoms with Crippen LogP contribution in [0.1, 0.15) is 16.8 Å². The molecule has 98 valence electrons. The highest BCUT2D eigenvalue weighted by molar-refractivity contribution is 5.94. The number of hydrogen-bond donors (Lipinski definition) is 3. The van der Waals surface area contributed by atoms with E-state index in [1.54, 1.807) is 0 Å². The van der Waals surface area contributed by atoms with Crippen LogP contribution < -0.4 is 5.32 Å². The summed E-state index contributed by atoms with van der Waals surface area (Å²) in [5.41, 5.74) is -0.0362. The van der Waals surface area contributed by atoms with E-state index in [1.165, 1.54) is 18.2 Å². The van der Waals surface area contributed by atoms with Gasteiger partial charge in [-0.1, -0.05) is 6.07 Å². The fraction of sp³-hybridized carbons (Fsp3) is 0.364. The predicted octanol–water partition coefficient (Wildman–Crippen LogP) is 0.0679. The molecule has 1 unspecified atom stereocenters. The van der Waals surface area contributed by atoms with Gasteiger partial charge in [-0.25, -0.2) is 0 Å². The Bertz CT molecular complexity index is 435. The number of aliphatic hydroxyl groups excluding tert-OH is 2. The lowest BCUT2D eigenvalue weighted by molar-refractivity contribution is -0.384. The highest BCUT2D eigenvalue weighted by Gasteiger charge is 2.15. The maximum atomic E-state index is 11.7. The Morgan fingerprint density at radius 3 is 2.72 bits per heavy atom. The molecule has 0 aliphatic rings. The van der Waals surface area contributed by atoms with Crippen molar-refractivity contribution >= 4 is 11.6 Å². The zero-order valence-electron chi connectivity index (χ0n) is 9.57. The summed E-state index contributed by atoms with van der Waals surface area (Å²) in [6, 6.07) is 4.72. The van der Waals surface area contributed by atoms with E-state index in [2.05, 4.69) is 5.32 Å². The van der Waals surface area contributed by atoms with Gasteiger partial charge in [-0.05, 0) is 12.5 Å². The smallest absolute Gasteiger partial charge is 0.270 e. The van der Waals surface area contributed by atoms with E-state index >= 15 is 0 Å². The van der Waals surface area contributed by atoms with E-state index < -0.39 is 16.9 Å². The molecule has 0 bridgehead atoms. The third kappa shape index (κ3) is 3.79. The SMILES string of the molecule is O=C(NC(CO)CCO)c1cccc([N+](=O)[O-])c1. The van der Waals surface area contributed by atoms with Crippen LogP contribution in [0.5, 0.6) is 0 Å². The number of nitrogens with one attached hydrogen (secondary N) is 1. The van der Waals surface area contributed by atoms with Crippen molar-refractivity contribution in [1.82, 2.24) is 5.32 Å². The summed E-state index contributed by atoms with van der Waals surface area (Å²) in [6.07, 6.45) is 0.219. The van der Waals surface area contributed by atoms with Crippen LogP contribution in [-0.4, -0.2) is 40.3 Å². The van der Waals surface area contributed by atoms with Crippen LogP contribution in [0, 0.1) is 10.1 Å². The molecule has 0 saturated heterocycles. The van der Waals surface area contributed by atoms with Gasteiger partial charge in [-0.3, -0.25) is 14.9 Å². The number of non-ortho nitro benzene ring substituents is 1. The zero-order valence-corrected chi connectivity index (χ0v) is 9.57. The molecule has 7 nitrogen and oxygen atoms in total. The Morgan fingerprint density at radius 2 is 2.17 bits per heavy atom. The molecule has 1 amide bonds. The lowest BCUT2D eigenvalue weighted by Gasteiger charge is -2.14. The quantitative estimate of drug-likeness (QED) is 0.491. The average Bonchev–Trinajstić information content (AvgIpc) is 2.38. The second-order valence-electron chi connectivity index (χ2n) is 3.67. The summed E-state index contributed by atoms with van der Waals surface area (Å²) >= 11 is 0. The summed E-state index contributed by atoms with van der Waals surface area (Å²) in [4.78, 5) is 21.7. The number of carbonyl (C=O) groups excluding carboxylic acids is 1. The van der Waals surface area contributed by atoms with Gasteiger partial charge in [-0.2, -0.15) is 0 Å². The van der Waals surface area contributed by atoms with Crippen molar-refractivity contribution in [2.45, 2.75) is 12.5 Å². The van der Waals surface area contributed by atoms with Gasteiger partial charge in [0.05, 0.1) is 17.6 Å². The molecule has 1 aromatic carbocycles. The normalized spacial score (nSPS) is 11.9. The molecule has 0 heterocycles. The molecule has 0 aliphatic heterocycles. The van der Waals surface area contributed by atoms with Crippen molar-refractivity contribution in [1.29, 1.82) is 0 Å². The van der Waals surface area contributed by atoms with Crippen molar-refractivity contribution in [3.8, 4) is 0 Å². The number of carbonyl (C=O) groups is 1. The van der Waals surface area contributed by atoms with Crippen LogP contribution in [0.4, 0.5) is 5.69 Å². The number of benzene rings is 1. The van der Waals surface area contributed by atoms with Gasteiger partial charge in [0.25, 0.3) is 11.6 Å². The van der Waals surface area contributed by atoms with E-state index in [1.807, 2.05) is 0 Å². The van der Waals surface area contributed by atoms with Gasteiger partial charge in [0.15, 0.2) is 0 Å². The Hall–Kier alpha value is -1.99.